The van der Waals surface area contributed by atoms with Crippen molar-refractivity contribution in [1.82, 2.24) is 15.2 Å². The van der Waals surface area contributed by atoms with Crippen LogP contribution >= 0.6 is 11.6 Å². The van der Waals surface area contributed by atoms with Gasteiger partial charge in [-0.1, -0.05) is 11.6 Å². The van der Waals surface area contributed by atoms with Crippen LogP contribution in [0.1, 0.15) is 10.4 Å². The van der Waals surface area contributed by atoms with E-state index < -0.39 is 5.97 Å². The van der Waals surface area contributed by atoms with Gasteiger partial charge in [-0.05, 0) is 36.4 Å². The molecule has 0 saturated heterocycles. The molecule has 6 nitrogen and oxygen atoms in total. The van der Waals surface area contributed by atoms with Crippen LogP contribution in [0.2, 0.25) is 5.02 Å². The molecule has 3 aromatic rings. The summed E-state index contributed by atoms with van der Waals surface area (Å²) in [5, 5.41) is 17.2. The van der Waals surface area contributed by atoms with E-state index in [4.69, 9.17) is 21.1 Å². The Kier molecular flexibility index (Phi) is 3.37. The molecule has 104 valence electrons. The van der Waals surface area contributed by atoms with Crippen LogP contribution in [-0.4, -0.2) is 26.3 Å². The Bertz CT molecular complexity index is 782. The number of carboxylic acids is 1. The molecule has 0 spiro atoms. The van der Waals surface area contributed by atoms with Gasteiger partial charge in [-0.3, -0.25) is 0 Å². The molecule has 0 fully saturated rings. The summed E-state index contributed by atoms with van der Waals surface area (Å²) >= 11 is 5.76. The van der Waals surface area contributed by atoms with Gasteiger partial charge in [0.2, 0.25) is 5.89 Å². The minimum Gasteiger partial charge on any atom is -0.478 e. The van der Waals surface area contributed by atoms with Crippen LogP contribution in [0, 0.1) is 0 Å². The van der Waals surface area contributed by atoms with E-state index in [1.54, 1.807) is 24.3 Å². The average Bonchev–Trinajstić information content (AvgIpc) is 2.98. The van der Waals surface area contributed by atoms with E-state index in [-0.39, 0.29) is 11.5 Å². The Labute approximate surface area is 124 Å². The smallest absolute Gasteiger partial charge is 0.335 e. The standard InChI is InChI=1S/C14H8ClN3O3/c15-10-5-6-11(16-7-10)13-18-17-12(21-13)8-1-3-9(4-2-8)14(19)20/h1-7H,(H,19,20). The fraction of sp³-hybridized carbons (Fsp3) is 0. The molecule has 0 aliphatic heterocycles. The normalized spacial score (nSPS) is 10.5. The number of hydrogen-bond acceptors (Lipinski definition) is 5. The molecule has 2 heterocycles. The lowest BCUT2D eigenvalue weighted by molar-refractivity contribution is 0.0697. The molecule has 0 unspecified atom stereocenters. The van der Waals surface area contributed by atoms with Crippen LogP contribution in [0.25, 0.3) is 23.0 Å². The van der Waals surface area contributed by atoms with Crippen LogP contribution in [0.3, 0.4) is 0 Å². The molecule has 0 amide bonds. The SMILES string of the molecule is O=C(O)c1ccc(-c2nnc(-c3ccc(Cl)cn3)o2)cc1. The zero-order valence-electron chi connectivity index (χ0n) is 10.5. The Balaban J connectivity index is 1.90. The lowest BCUT2D eigenvalue weighted by Crippen LogP contribution is -1.94. The minimum absolute atomic E-state index is 0.192. The number of aromatic nitrogens is 3. The maximum Gasteiger partial charge on any atom is 0.335 e. The minimum atomic E-state index is -0.988. The molecular formula is C14H8ClN3O3. The van der Waals surface area contributed by atoms with Crippen LogP contribution in [0.5, 0.6) is 0 Å². The van der Waals surface area contributed by atoms with Crippen LogP contribution in [0.4, 0.5) is 0 Å². The quantitative estimate of drug-likeness (QED) is 0.799. The number of halogens is 1. The van der Waals surface area contributed by atoms with Gasteiger partial charge in [-0.25, -0.2) is 9.78 Å². The van der Waals surface area contributed by atoms with Crippen molar-refractivity contribution in [3.05, 3.63) is 53.2 Å². The predicted octanol–water partition coefficient (Wildman–Crippen LogP) is 3.15. The predicted molar refractivity (Wildman–Crippen MR) is 74.9 cm³/mol. The first-order valence-corrected chi connectivity index (χ1v) is 6.30. The molecule has 21 heavy (non-hydrogen) atoms. The molecule has 0 aliphatic carbocycles. The van der Waals surface area contributed by atoms with E-state index in [0.717, 1.165) is 0 Å². The van der Waals surface area contributed by atoms with E-state index in [9.17, 15) is 4.79 Å². The third-order valence-corrected chi connectivity index (χ3v) is 2.97. The fourth-order valence-electron chi connectivity index (χ4n) is 1.70. The third kappa shape index (κ3) is 2.75. The maximum atomic E-state index is 10.8. The van der Waals surface area contributed by atoms with Crippen molar-refractivity contribution < 1.29 is 14.3 Å². The molecule has 3 rings (SSSR count). The van der Waals surface area contributed by atoms with Gasteiger partial charge in [0.1, 0.15) is 5.69 Å². The summed E-state index contributed by atoms with van der Waals surface area (Å²) in [5.41, 5.74) is 1.34. The summed E-state index contributed by atoms with van der Waals surface area (Å²) in [6, 6.07) is 9.51. The van der Waals surface area contributed by atoms with E-state index in [1.165, 1.54) is 18.3 Å². The van der Waals surface area contributed by atoms with Crippen molar-refractivity contribution in [2.24, 2.45) is 0 Å². The van der Waals surface area contributed by atoms with Crippen molar-refractivity contribution in [2.75, 3.05) is 0 Å². The van der Waals surface area contributed by atoms with Gasteiger partial charge in [0.15, 0.2) is 0 Å². The van der Waals surface area contributed by atoms with Crippen molar-refractivity contribution >= 4 is 17.6 Å². The largest absolute Gasteiger partial charge is 0.478 e. The molecule has 1 aromatic carbocycles. The highest BCUT2D eigenvalue weighted by Crippen LogP contribution is 2.23. The molecular weight excluding hydrogens is 294 g/mol. The number of carboxylic acid groups (broad SMARTS) is 1. The van der Waals surface area contributed by atoms with Gasteiger partial charge < -0.3 is 9.52 Å². The van der Waals surface area contributed by atoms with Crippen LogP contribution in [0.15, 0.2) is 47.0 Å². The Morgan fingerprint density at radius 2 is 1.76 bits per heavy atom. The maximum absolute atomic E-state index is 10.8. The lowest BCUT2D eigenvalue weighted by Gasteiger charge is -1.96. The molecule has 1 N–H and O–H groups in total. The first-order chi connectivity index (χ1) is 10.1. The molecule has 0 bridgehead atoms. The number of rotatable bonds is 3. The van der Waals surface area contributed by atoms with Crippen molar-refractivity contribution in [3.8, 4) is 23.0 Å². The van der Waals surface area contributed by atoms with Crippen molar-refractivity contribution in [2.45, 2.75) is 0 Å². The molecule has 7 heteroatoms. The summed E-state index contributed by atoms with van der Waals surface area (Å²) in [5.74, 6) is -0.430. The molecule has 0 atom stereocenters. The summed E-state index contributed by atoms with van der Waals surface area (Å²) < 4.78 is 5.52. The first-order valence-electron chi connectivity index (χ1n) is 5.92. The third-order valence-electron chi connectivity index (χ3n) is 2.75. The number of nitrogens with zero attached hydrogens (tertiary/aromatic N) is 3. The number of benzene rings is 1. The summed E-state index contributed by atoms with van der Waals surface area (Å²) in [4.78, 5) is 14.9. The second kappa shape index (κ2) is 5.34. The topological polar surface area (TPSA) is 89.1 Å². The fourth-order valence-corrected chi connectivity index (χ4v) is 1.81. The number of pyridine rings is 1. The summed E-state index contributed by atoms with van der Waals surface area (Å²) in [7, 11) is 0. The zero-order chi connectivity index (χ0) is 14.8. The Hall–Kier alpha value is -2.73. The van der Waals surface area contributed by atoms with Crippen molar-refractivity contribution in [1.29, 1.82) is 0 Å². The van der Waals surface area contributed by atoms with Gasteiger partial charge >= 0.3 is 5.97 Å². The first kappa shape index (κ1) is 13.3. The highest BCUT2D eigenvalue weighted by Gasteiger charge is 2.12. The van der Waals surface area contributed by atoms with Gasteiger partial charge in [0.05, 0.1) is 10.6 Å². The summed E-state index contributed by atoms with van der Waals surface area (Å²) in [6.07, 6.45) is 1.49. The Morgan fingerprint density at radius 3 is 2.38 bits per heavy atom. The number of aromatic carboxylic acids is 1. The number of carbonyl (C=O) groups is 1. The van der Waals surface area contributed by atoms with E-state index in [1.807, 2.05) is 0 Å². The molecule has 2 aromatic heterocycles. The second-order valence-electron chi connectivity index (χ2n) is 4.16. The van der Waals surface area contributed by atoms with Gasteiger partial charge in [-0.15, -0.1) is 10.2 Å². The molecule has 0 saturated carbocycles. The van der Waals surface area contributed by atoms with Crippen LogP contribution in [-0.2, 0) is 0 Å². The average molecular weight is 302 g/mol. The van der Waals surface area contributed by atoms with Crippen LogP contribution < -0.4 is 0 Å². The molecule has 0 aliphatic rings. The lowest BCUT2D eigenvalue weighted by atomic mass is 10.1. The van der Waals surface area contributed by atoms with Gasteiger partial charge in [0.25, 0.3) is 5.89 Å². The van der Waals surface area contributed by atoms with E-state index in [2.05, 4.69) is 15.2 Å². The highest BCUT2D eigenvalue weighted by molar-refractivity contribution is 6.30. The second-order valence-corrected chi connectivity index (χ2v) is 4.59. The number of hydrogen-bond donors (Lipinski definition) is 1. The highest BCUT2D eigenvalue weighted by atomic mass is 35.5. The van der Waals surface area contributed by atoms with Gasteiger partial charge in [-0.2, -0.15) is 0 Å². The van der Waals surface area contributed by atoms with E-state index in [0.29, 0.717) is 22.2 Å². The van der Waals surface area contributed by atoms with Gasteiger partial charge in [0, 0.05) is 11.8 Å². The summed E-state index contributed by atoms with van der Waals surface area (Å²) in [6.45, 7) is 0. The van der Waals surface area contributed by atoms with Crippen molar-refractivity contribution in [3.63, 3.8) is 0 Å². The van der Waals surface area contributed by atoms with E-state index >= 15 is 0 Å². The molecule has 0 radical (unpaired) electrons. The Morgan fingerprint density at radius 1 is 1.05 bits per heavy atom. The monoisotopic (exact) mass is 301 g/mol. The zero-order valence-corrected chi connectivity index (χ0v) is 11.3.